The summed E-state index contributed by atoms with van der Waals surface area (Å²) in [5.74, 6) is -1.32. The Bertz CT molecular complexity index is 1900. The molecule has 0 bridgehead atoms. The van der Waals surface area contributed by atoms with Gasteiger partial charge in [0.05, 0.1) is 6.42 Å². The van der Waals surface area contributed by atoms with Crippen molar-refractivity contribution in [3.63, 3.8) is 0 Å². The second-order valence-corrected chi connectivity index (χ2v) is 13.1. The lowest BCUT2D eigenvalue weighted by molar-refractivity contribution is -0.128. The minimum atomic E-state index is -0.367. The number of carbonyl (C=O) groups excluding carboxylic acids is 4. The summed E-state index contributed by atoms with van der Waals surface area (Å²) in [4.78, 5) is 75.5. The van der Waals surface area contributed by atoms with Crippen LogP contribution in [0.15, 0.2) is 147 Å². The SMILES string of the molecule is CCN(CC)CCN1C(=O)Cc2ccc3c4c(ccc(c24)C1=O)C(=O)N(CCN(CC)CC)C3=O.c1ccncc1.c1ccncc1.c1ccncc1.c1ccncc1. The topological polar surface area (TPSA) is 133 Å². The van der Waals surface area contributed by atoms with E-state index >= 15 is 0 Å². The largest absolute Gasteiger partial charge is 0.302 e. The highest BCUT2D eigenvalue weighted by Crippen LogP contribution is 2.36. The van der Waals surface area contributed by atoms with Gasteiger partial charge in [0.15, 0.2) is 0 Å². The molecule has 0 saturated heterocycles. The van der Waals surface area contributed by atoms with E-state index in [9.17, 15) is 19.2 Å². The molecule has 2 aliphatic heterocycles. The van der Waals surface area contributed by atoms with Crippen LogP contribution in [0.25, 0.3) is 10.8 Å². The second-order valence-electron chi connectivity index (χ2n) is 13.1. The van der Waals surface area contributed by atoms with E-state index in [2.05, 4.69) is 29.7 Å². The summed E-state index contributed by atoms with van der Waals surface area (Å²) in [6.07, 6.45) is 14.1. The van der Waals surface area contributed by atoms with Crippen LogP contribution >= 0.6 is 0 Å². The van der Waals surface area contributed by atoms with Crippen molar-refractivity contribution in [2.24, 2.45) is 0 Å². The van der Waals surface area contributed by atoms with E-state index in [1.54, 1.807) is 73.8 Å². The fourth-order valence-corrected chi connectivity index (χ4v) is 6.39. The van der Waals surface area contributed by atoms with Crippen molar-refractivity contribution in [3.05, 3.63) is 169 Å². The van der Waals surface area contributed by atoms with Crippen molar-refractivity contribution in [1.29, 1.82) is 0 Å². The average Bonchev–Trinajstić information content (AvgIpc) is 3.41. The molecule has 0 unspecified atom stereocenters. The van der Waals surface area contributed by atoms with Crippen LogP contribution in [-0.4, -0.2) is 116 Å². The van der Waals surface area contributed by atoms with Crippen LogP contribution in [0.3, 0.4) is 0 Å². The summed E-state index contributed by atoms with van der Waals surface area (Å²) in [5, 5.41) is 1.06. The van der Waals surface area contributed by atoms with Gasteiger partial charge in [-0.05, 0) is 104 Å². The molecule has 0 atom stereocenters. The number of imide groups is 2. The molecule has 12 heteroatoms. The van der Waals surface area contributed by atoms with E-state index < -0.39 is 0 Å². The Kier molecular flexibility index (Phi) is 19.1. The Hall–Kier alpha value is -6.50. The highest BCUT2D eigenvalue weighted by molar-refractivity contribution is 6.29. The number of benzene rings is 2. The van der Waals surface area contributed by atoms with Crippen molar-refractivity contribution in [2.75, 3.05) is 52.4 Å². The van der Waals surface area contributed by atoms with Crippen molar-refractivity contribution >= 4 is 34.4 Å². The molecule has 0 spiro atoms. The summed E-state index contributed by atoms with van der Waals surface area (Å²) in [7, 11) is 0. The number of aromatic nitrogens is 4. The van der Waals surface area contributed by atoms with Gasteiger partial charge in [0, 0.05) is 97.8 Å². The summed E-state index contributed by atoms with van der Waals surface area (Å²) in [6.45, 7) is 13.4. The number of nitrogens with zero attached hydrogens (tertiary/aromatic N) is 8. The van der Waals surface area contributed by atoms with Crippen molar-refractivity contribution in [3.8, 4) is 0 Å². The Balaban J connectivity index is 0.000000252. The van der Waals surface area contributed by atoms with E-state index in [1.165, 1.54) is 9.80 Å². The van der Waals surface area contributed by atoms with Gasteiger partial charge in [-0.1, -0.05) is 58.0 Å². The van der Waals surface area contributed by atoms with Crippen LogP contribution in [0.4, 0.5) is 0 Å². The number of likely N-dealkylation sites (N-methyl/N-ethyl adjacent to an activating group) is 2. The van der Waals surface area contributed by atoms with Gasteiger partial charge in [-0.2, -0.15) is 0 Å². The molecule has 6 heterocycles. The average molecular weight is 795 g/mol. The molecule has 4 aromatic heterocycles. The lowest BCUT2D eigenvalue weighted by Crippen LogP contribution is -2.44. The maximum Gasteiger partial charge on any atom is 0.261 e. The van der Waals surface area contributed by atoms with Crippen LogP contribution in [0, 0.1) is 0 Å². The van der Waals surface area contributed by atoms with Gasteiger partial charge in [-0.25, -0.2) is 0 Å². The van der Waals surface area contributed by atoms with E-state index in [0.717, 1.165) is 26.2 Å². The van der Waals surface area contributed by atoms with Crippen LogP contribution in [-0.2, 0) is 11.2 Å². The normalized spacial score (nSPS) is 12.6. The maximum absolute atomic E-state index is 13.5. The van der Waals surface area contributed by atoms with Crippen LogP contribution in [0.1, 0.15) is 64.3 Å². The summed E-state index contributed by atoms with van der Waals surface area (Å²) < 4.78 is 0. The number of hydrogen-bond acceptors (Lipinski definition) is 10. The molecule has 59 heavy (non-hydrogen) atoms. The Morgan fingerprint density at radius 1 is 0.441 bits per heavy atom. The predicted molar refractivity (Wildman–Crippen MR) is 232 cm³/mol. The molecule has 0 fully saturated rings. The molecule has 0 N–H and O–H groups in total. The molecule has 4 amide bonds. The molecule has 12 nitrogen and oxygen atoms in total. The number of pyridine rings is 4. The highest BCUT2D eigenvalue weighted by Gasteiger charge is 2.37. The summed E-state index contributed by atoms with van der Waals surface area (Å²) in [5.41, 5.74) is 1.89. The minimum absolute atomic E-state index is 0.0608. The van der Waals surface area contributed by atoms with Gasteiger partial charge in [0.1, 0.15) is 0 Å². The fraction of sp³-hybridized carbons (Fsp3) is 0.277. The number of carbonyl (C=O) groups is 4. The standard InChI is InChI=1S/C27H34N4O4.4C5H5N/c1-5-28(6-2)13-15-30-22(32)17-18-9-10-20-24-21(12-11-19(23(18)24)25(30)33)27(35)31(26(20)34)16-14-29(7-3)8-4;4*1-2-4-6-5-3-1/h9-12H,5-8,13-17H2,1-4H3;4*1-5H. The Morgan fingerprint density at radius 2 is 0.763 bits per heavy atom. The zero-order chi connectivity index (χ0) is 42.2. The predicted octanol–water partition coefficient (Wildman–Crippen LogP) is 6.97. The first-order valence-corrected chi connectivity index (χ1v) is 20.0. The number of hydrogen-bond donors (Lipinski definition) is 0. The Labute approximate surface area is 347 Å². The number of amides is 4. The van der Waals surface area contributed by atoms with E-state index in [1.807, 2.05) is 100 Å². The smallest absolute Gasteiger partial charge is 0.261 e. The second kappa shape index (κ2) is 25.0. The molecule has 0 aliphatic carbocycles. The molecule has 8 rings (SSSR count). The molecule has 2 aromatic carbocycles. The van der Waals surface area contributed by atoms with Gasteiger partial charge < -0.3 is 9.80 Å². The lowest BCUT2D eigenvalue weighted by atomic mass is 9.88. The van der Waals surface area contributed by atoms with Gasteiger partial charge >= 0.3 is 0 Å². The monoisotopic (exact) mass is 794 g/mol. The first-order valence-electron chi connectivity index (χ1n) is 20.0. The lowest BCUT2D eigenvalue weighted by Gasteiger charge is -2.30. The van der Waals surface area contributed by atoms with Gasteiger partial charge in [-0.15, -0.1) is 0 Å². The fourth-order valence-electron chi connectivity index (χ4n) is 6.39. The van der Waals surface area contributed by atoms with Crippen LogP contribution in [0.2, 0.25) is 0 Å². The van der Waals surface area contributed by atoms with Crippen molar-refractivity contribution in [2.45, 2.75) is 34.1 Å². The summed E-state index contributed by atoms with van der Waals surface area (Å²) in [6, 6.07) is 29.6. The number of rotatable bonds is 10. The molecule has 0 saturated carbocycles. The van der Waals surface area contributed by atoms with E-state index in [4.69, 9.17) is 0 Å². The third-order valence-electron chi connectivity index (χ3n) is 9.65. The first-order chi connectivity index (χ1) is 28.9. The molecule has 6 aromatic rings. The quantitative estimate of drug-likeness (QED) is 0.134. The van der Waals surface area contributed by atoms with Gasteiger partial charge in [-0.3, -0.25) is 48.9 Å². The first kappa shape index (κ1) is 45.2. The van der Waals surface area contributed by atoms with Crippen molar-refractivity contribution in [1.82, 2.24) is 39.5 Å². The van der Waals surface area contributed by atoms with Gasteiger partial charge in [0.2, 0.25) is 5.91 Å². The van der Waals surface area contributed by atoms with Crippen LogP contribution < -0.4 is 0 Å². The minimum Gasteiger partial charge on any atom is -0.302 e. The molecule has 2 aliphatic rings. The zero-order valence-electron chi connectivity index (χ0n) is 34.4. The Morgan fingerprint density at radius 3 is 1.08 bits per heavy atom. The third kappa shape index (κ3) is 13.3. The van der Waals surface area contributed by atoms with Crippen LogP contribution in [0.5, 0.6) is 0 Å². The third-order valence-corrected chi connectivity index (χ3v) is 9.65. The molecule has 306 valence electrons. The molecular formula is C47H54N8O4. The van der Waals surface area contributed by atoms with E-state index in [0.29, 0.717) is 59.2 Å². The highest BCUT2D eigenvalue weighted by atomic mass is 16.2. The maximum atomic E-state index is 13.5. The summed E-state index contributed by atoms with van der Waals surface area (Å²) >= 11 is 0. The molecular weight excluding hydrogens is 741 g/mol. The van der Waals surface area contributed by atoms with Crippen molar-refractivity contribution < 1.29 is 19.2 Å². The molecule has 0 radical (unpaired) electrons. The van der Waals surface area contributed by atoms with E-state index in [-0.39, 0.29) is 30.0 Å². The zero-order valence-corrected chi connectivity index (χ0v) is 34.4. The van der Waals surface area contributed by atoms with Gasteiger partial charge in [0.25, 0.3) is 17.7 Å².